The van der Waals surface area contributed by atoms with E-state index in [1.54, 1.807) is 12.1 Å². The second kappa shape index (κ2) is 12.4. The second-order valence-corrected chi connectivity index (χ2v) is 13.7. The number of carbonyl (C=O) groups is 2. The summed E-state index contributed by atoms with van der Waals surface area (Å²) in [6.45, 7) is 12.6. The maximum Gasteiger partial charge on any atom is 0.410 e. The SMILES string of the molecule is CC(C)(C)OC(=O)N1CC2CC1CN2Cc1ccc(-c2ccc(Cl)cc2)c(CN2CCN(c3ccc(C(=O)O)cc3)CC2)c1. The van der Waals surface area contributed by atoms with Crippen LogP contribution in [0.3, 0.4) is 0 Å². The van der Waals surface area contributed by atoms with Crippen LogP contribution in [0.5, 0.6) is 0 Å². The Hall–Kier alpha value is -3.59. The number of carbonyl (C=O) groups excluding carboxylic acids is 1. The van der Waals surface area contributed by atoms with Crippen molar-refractivity contribution in [3.05, 3.63) is 88.4 Å². The summed E-state index contributed by atoms with van der Waals surface area (Å²) in [7, 11) is 0. The number of hydrogen-bond donors (Lipinski definition) is 1. The van der Waals surface area contributed by atoms with E-state index in [0.29, 0.717) is 11.6 Å². The Bertz CT molecular complexity index is 1500. The van der Waals surface area contributed by atoms with E-state index in [-0.39, 0.29) is 12.1 Å². The van der Waals surface area contributed by atoms with Crippen LogP contribution in [0, 0.1) is 0 Å². The number of likely N-dealkylation sites (tertiary alicyclic amines) is 2. The highest BCUT2D eigenvalue weighted by atomic mass is 35.5. The van der Waals surface area contributed by atoms with Gasteiger partial charge in [-0.05, 0) is 85.8 Å². The Morgan fingerprint density at radius 2 is 1.59 bits per heavy atom. The van der Waals surface area contributed by atoms with Crippen LogP contribution in [0.15, 0.2) is 66.7 Å². The van der Waals surface area contributed by atoms with Gasteiger partial charge in [0.05, 0.1) is 5.56 Å². The number of aromatic carboxylic acids is 1. The summed E-state index contributed by atoms with van der Waals surface area (Å²) in [6, 6.07) is 22.6. The third kappa shape index (κ3) is 6.88. The Labute approximate surface area is 264 Å². The minimum absolute atomic E-state index is 0.198. The number of fused-ring (bicyclic) bond motifs is 2. The van der Waals surface area contributed by atoms with E-state index in [1.807, 2.05) is 49.9 Å². The number of carboxylic acids is 1. The number of rotatable bonds is 7. The molecule has 0 saturated carbocycles. The molecule has 1 N–H and O–H groups in total. The first-order valence-electron chi connectivity index (χ1n) is 15.4. The summed E-state index contributed by atoms with van der Waals surface area (Å²) >= 11 is 6.22. The van der Waals surface area contributed by atoms with Crippen LogP contribution in [0.1, 0.15) is 48.7 Å². The predicted octanol–water partition coefficient (Wildman–Crippen LogP) is 6.22. The lowest BCUT2D eigenvalue weighted by atomic mass is 9.96. The van der Waals surface area contributed by atoms with Gasteiger partial charge in [-0.25, -0.2) is 9.59 Å². The van der Waals surface area contributed by atoms with Gasteiger partial charge in [0.2, 0.25) is 0 Å². The fraction of sp³-hybridized carbons (Fsp3) is 0.429. The molecule has 0 aromatic heterocycles. The smallest absolute Gasteiger partial charge is 0.410 e. The molecule has 8 nitrogen and oxygen atoms in total. The molecule has 6 rings (SSSR count). The lowest BCUT2D eigenvalue weighted by molar-refractivity contribution is 0.0123. The summed E-state index contributed by atoms with van der Waals surface area (Å²) in [6.07, 6.45) is 0.801. The van der Waals surface area contributed by atoms with Crippen molar-refractivity contribution in [2.45, 2.75) is 58.0 Å². The molecule has 9 heteroatoms. The van der Waals surface area contributed by atoms with Gasteiger partial charge in [-0.1, -0.05) is 41.9 Å². The number of hydrogen-bond acceptors (Lipinski definition) is 6. The van der Waals surface area contributed by atoms with Gasteiger partial charge in [0.25, 0.3) is 0 Å². The maximum absolute atomic E-state index is 12.7. The van der Waals surface area contributed by atoms with Crippen LogP contribution < -0.4 is 4.90 Å². The van der Waals surface area contributed by atoms with Crippen molar-refractivity contribution < 1.29 is 19.4 Å². The highest BCUT2D eigenvalue weighted by Gasteiger charge is 2.46. The molecule has 232 valence electrons. The van der Waals surface area contributed by atoms with Crippen molar-refractivity contribution in [1.29, 1.82) is 0 Å². The van der Waals surface area contributed by atoms with Crippen LogP contribution in [-0.4, -0.2) is 88.8 Å². The van der Waals surface area contributed by atoms with E-state index < -0.39 is 11.6 Å². The molecule has 3 aliphatic heterocycles. The van der Waals surface area contributed by atoms with E-state index in [2.05, 4.69) is 45.0 Å². The number of anilines is 1. The highest BCUT2D eigenvalue weighted by Crippen LogP contribution is 2.34. The Morgan fingerprint density at radius 3 is 2.20 bits per heavy atom. The van der Waals surface area contributed by atoms with Crippen molar-refractivity contribution in [3.63, 3.8) is 0 Å². The first kappa shape index (κ1) is 30.4. The molecule has 0 aliphatic carbocycles. The summed E-state index contributed by atoms with van der Waals surface area (Å²) in [5.74, 6) is -0.903. The molecule has 2 bridgehead atoms. The van der Waals surface area contributed by atoms with Gasteiger partial charge in [-0.2, -0.15) is 0 Å². The van der Waals surface area contributed by atoms with Gasteiger partial charge in [-0.3, -0.25) is 9.80 Å². The van der Waals surface area contributed by atoms with Gasteiger partial charge in [0, 0.05) is 75.2 Å². The van der Waals surface area contributed by atoms with Gasteiger partial charge in [0.15, 0.2) is 0 Å². The van der Waals surface area contributed by atoms with Crippen LogP contribution in [0.25, 0.3) is 11.1 Å². The summed E-state index contributed by atoms with van der Waals surface area (Å²) in [4.78, 5) is 33.2. The minimum atomic E-state index is -0.903. The van der Waals surface area contributed by atoms with Gasteiger partial charge in [-0.15, -0.1) is 0 Å². The van der Waals surface area contributed by atoms with Gasteiger partial charge in [0.1, 0.15) is 5.60 Å². The van der Waals surface area contributed by atoms with E-state index in [0.717, 1.165) is 75.1 Å². The molecular formula is C35H41ClN4O4. The van der Waals surface area contributed by atoms with Crippen LogP contribution in [0.4, 0.5) is 10.5 Å². The maximum atomic E-state index is 12.7. The summed E-state index contributed by atoms with van der Waals surface area (Å²) < 4.78 is 5.65. The normalized spacial score (nSPS) is 20.7. The van der Waals surface area contributed by atoms with Crippen molar-refractivity contribution in [1.82, 2.24) is 14.7 Å². The molecule has 3 aromatic carbocycles. The Morgan fingerprint density at radius 1 is 0.886 bits per heavy atom. The zero-order valence-corrected chi connectivity index (χ0v) is 26.5. The van der Waals surface area contributed by atoms with E-state index in [9.17, 15) is 14.7 Å². The van der Waals surface area contributed by atoms with Crippen molar-refractivity contribution in [3.8, 4) is 11.1 Å². The lowest BCUT2D eigenvalue weighted by Crippen LogP contribution is -2.49. The molecule has 2 atom stereocenters. The number of ether oxygens (including phenoxy) is 1. The first-order valence-corrected chi connectivity index (χ1v) is 15.8. The number of nitrogens with zero attached hydrogens (tertiary/aromatic N) is 4. The molecule has 1 amide bonds. The third-order valence-electron chi connectivity index (χ3n) is 8.94. The van der Waals surface area contributed by atoms with Crippen molar-refractivity contribution in [2.75, 3.05) is 44.2 Å². The highest BCUT2D eigenvalue weighted by molar-refractivity contribution is 6.30. The average Bonchev–Trinajstić information content (AvgIpc) is 3.59. The monoisotopic (exact) mass is 616 g/mol. The largest absolute Gasteiger partial charge is 0.478 e. The van der Waals surface area contributed by atoms with Gasteiger partial charge < -0.3 is 19.6 Å². The summed E-state index contributed by atoms with van der Waals surface area (Å²) in [5.41, 5.74) is 5.83. The zero-order chi connectivity index (χ0) is 31.0. The van der Waals surface area contributed by atoms with E-state index >= 15 is 0 Å². The molecule has 3 fully saturated rings. The van der Waals surface area contributed by atoms with Crippen molar-refractivity contribution >= 4 is 29.4 Å². The number of amides is 1. The van der Waals surface area contributed by atoms with E-state index in [4.69, 9.17) is 16.3 Å². The number of benzene rings is 3. The van der Waals surface area contributed by atoms with Crippen LogP contribution in [-0.2, 0) is 17.8 Å². The fourth-order valence-corrected chi connectivity index (χ4v) is 6.85. The van der Waals surface area contributed by atoms with Crippen molar-refractivity contribution in [2.24, 2.45) is 0 Å². The zero-order valence-electron chi connectivity index (χ0n) is 25.7. The minimum Gasteiger partial charge on any atom is -0.478 e. The third-order valence-corrected chi connectivity index (χ3v) is 9.19. The predicted molar refractivity (Wildman–Crippen MR) is 173 cm³/mol. The summed E-state index contributed by atoms with van der Waals surface area (Å²) in [5, 5.41) is 9.95. The standard InChI is InChI=1S/C35H41ClN4O4/c1-35(2,3)44-34(43)40-23-30-19-31(40)22-39(30)20-24-4-13-32(25-5-9-28(36)10-6-25)27(18-24)21-37-14-16-38(17-15-37)29-11-7-26(8-12-29)33(41)42/h4-13,18,30-31H,14-17,19-23H2,1-3H3,(H,41,42). The number of halogens is 1. The molecule has 2 unspecified atom stereocenters. The Balaban J connectivity index is 1.14. The topological polar surface area (TPSA) is 76.6 Å². The van der Waals surface area contributed by atoms with E-state index in [1.165, 1.54) is 16.7 Å². The molecule has 44 heavy (non-hydrogen) atoms. The number of piperazine rings is 2. The molecular weight excluding hydrogens is 576 g/mol. The average molecular weight is 617 g/mol. The molecule has 0 radical (unpaired) electrons. The molecule has 3 heterocycles. The molecule has 3 aromatic rings. The first-order chi connectivity index (χ1) is 21.0. The van der Waals surface area contributed by atoms with Crippen LogP contribution in [0.2, 0.25) is 5.02 Å². The fourth-order valence-electron chi connectivity index (χ4n) is 6.73. The van der Waals surface area contributed by atoms with Crippen LogP contribution >= 0.6 is 11.6 Å². The quantitative estimate of drug-likeness (QED) is 0.338. The Kier molecular flexibility index (Phi) is 8.59. The van der Waals surface area contributed by atoms with Gasteiger partial charge >= 0.3 is 12.1 Å². The molecule has 3 saturated heterocycles. The molecule has 3 aliphatic rings. The number of carboxylic acid groups (broad SMARTS) is 1. The second-order valence-electron chi connectivity index (χ2n) is 13.2. The molecule has 0 spiro atoms. The lowest BCUT2D eigenvalue weighted by Gasteiger charge is -2.37.